The Labute approximate surface area is 160 Å². The number of quaternary nitrogens is 1. The lowest BCUT2D eigenvalue weighted by Crippen LogP contribution is -3.15. The summed E-state index contributed by atoms with van der Waals surface area (Å²) in [6.07, 6.45) is 4.62. The molecule has 3 rings (SSSR count). The normalized spacial score (nSPS) is 25.3. The van der Waals surface area contributed by atoms with E-state index in [2.05, 4.69) is 12.2 Å². The summed E-state index contributed by atoms with van der Waals surface area (Å²) in [6, 6.07) is 5.17. The molecule has 1 saturated heterocycles. The van der Waals surface area contributed by atoms with Gasteiger partial charge in [0.05, 0.1) is 31.1 Å². The first-order valence-corrected chi connectivity index (χ1v) is 11.2. The number of rotatable bonds is 5. The molecule has 6 nitrogen and oxygen atoms in total. The van der Waals surface area contributed by atoms with Gasteiger partial charge in [0.2, 0.25) is 10.0 Å². The molecular weight excluding hydrogens is 369 g/mol. The summed E-state index contributed by atoms with van der Waals surface area (Å²) in [5.74, 6) is 0.121. The average Bonchev–Trinajstić information content (AvgIpc) is 2.64. The summed E-state index contributed by atoms with van der Waals surface area (Å²) in [5.41, 5.74) is 0. The molecule has 150 valence electrons. The number of amides is 1. The SMILES string of the molecule is C[C@H]1CCCC[C@@H]1NC(=O)C[NH+]1CCN(S(=O)(=O)c2ccc(F)cc2)CC1. The van der Waals surface area contributed by atoms with E-state index in [1.54, 1.807) is 0 Å². The van der Waals surface area contributed by atoms with E-state index in [1.165, 1.54) is 29.3 Å². The molecule has 0 unspecified atom stereocenters. The minimum atomic E-state index is -3.61. The Kier molecular flexibility index (Phi) is 6.49. The third kappa shape index (κ3) is 5.06. The number of nitrogens with zero attached hydrogens (tertiary/aromatic N) is 1. The summed E-state index contributed by atoms with van der Waals surface area (Å²) in [5, 5.41) is 3.16. The Morgan fingerprint density at radius 3 is 2.44 bits per heavy atom. The van der Waals surface area contributed by atoms with Crippen molar-refractivity contribution in [3.63, 3.8) is 0 Å². The molecule has 2 fully saturated rings. The van der Waals surface area contributed by atoms with Crippen molar-refractivity contribution in [2.75, 3.05) is 32.7 Å². The highest BCUT2D eigenvalue weighted by Crippen LogP contribution is 2.23. The van der Waals surface area contributed by atoms with Gasteiger partial charge in [0.1, 0.15) is 5.82 Å². The molecule has 1 aliphatic carbocycles. The molecule has 0 spiro atoms. The number of carbonyl (C=O) groups excluding carboxylic acids is 1. The number of carbonyl (C=O) groups is 1. The minimum absolute atomic E-state index is 0.0543. The second-order valence-corrected chi connectivity index (χ2v) is 9.66. The van der Waals surface area contributed by atoms with Crippen molar-refractivity contribution in [3.05, 3.63) is 30.1 Å². The zero-order valence-corrected chi connectivity index (χ0v) is 16.6. The number of halogens is 1. The Hall–Kier alpha value is -1.51. The number of benzene rings is 1. The summed E-state index contributed by atoms with van der Waals surface area (Å²) >= 11 is 0. The van der Waals surface area contributed by atoms with Crippen LogP contribution in [0.25, 0.3) is 0 Å². The molecule has 2 atom stereocenters. The van der Waals surface area contributed by atoms with Crippen LogP contribution in [-0.4, -0.2) is 57.4 Å². The van der Waals surface area contributed by atoms with Gasteiger partial charge in [-0.3, -0.25) is 4.79 Å². The molecule has 0 bridgehead atoms. The molecule has 1 aliphatic heterocycles. The smallest absolute Gasteiger partial charge is 0.275 e. The maximum absolute atomic E-state index is 13.0. The van der Waals surface area contributed by atoms with Gasteiger partial charge in [-0.2, -0.15) is 4.31 Å². The molecule has 0 radical (unpaired) electrons. The van der Waals surface area contributed by atoms with Crippen molar-refractivity contribution in [2.45, 2.75) is 43.5 Å². The zero-order valence-electron chi connectivity index (χ0n) is 15.8. The topological polar surface area (TPSA) is 70.9 Å². The van der Waals surface area contributed by atoms with Crippen LogP contribution in [-0.2, 0) is 14.8 Å². The van der Waals surface area contributed by atoms with Crippen LogP contribution in [0, 0.1) is 11.7 Å². The van der Waals surface area contributed by atoms with Gasteiger partial charge in [0, 0.05) is 6.04 Å². The van der Waals surface area contributed by atoms with Gasteiger partial charge in [-0.1, -0.05) is 19.8 Å². The monoisotopic (exact) mass is 398 g/mol. The van der Waals surface area contributed by atoms with Gasteiger partial charge in [-0.15, -0.1) is 0 Å². The Morgan fingerprint density at radius 1 is 1.19 bits per heavy atom. The van der Waals surface area contributed by atoms with Crippen LogP contribution in [0.5, 0.6) is 0 Å². The molecule has 0 aromatic heterocycles. The highest BCUT2D eigenvalue weighted by atomic mass is 32.2. The van der Waals surface area contributed by atoms with E-state index in [4.69, 9.17) is 0 Å². The molecule has 1 amide bonds. The molecule has 2 N–H and O–H groups in total. The summed E-state index contributed by atoms with van der Waals surface area (Å²) in [4.78, 5) is 13.6. The first-order valence-electron chi connectivity index (χ1n) is 9.75. The van der Waals surface area contributed by atoms with Crippen molar-refractivity contribution in [3.8, 4) is 0 Å². The quantitative estimate of drug-likeness (QED) is 0.755. The van der Waals surface area contributed by atoms with Crippen LogP contribution in [0.1, 0.15) is 32.6 Å². The second kappa shape index (κ2) is 8.67. The van der Waals surface area contributed by atoms with Crippen LogP contribution in [0.2, 0.25) is 0 Å². The fraction of sp³-hybridized carbons (Fsp3) is 0.632. The lowest BCUT2D eigenvalue weighted by Gasteiger charge is -2.33. The van der Waals surface area contributed by atoms with E-state index in [9.17, 15) is 17.6 Å². The zero-order chi connectivity index (χ0) is 19.4. The average molecular weight is 399 g/mol. The fourth-order valence-electron chi connectivity index (χ4n) is 3.99. The van der Waals surface area contributed by atoms with Crippen molar-refractivity contribution in [2.24, 2.45) is 5.92 Å². The van der Waals surface area contributed by atoms with Gasteiger partial charge in [0.25, 0.3) is 5.91 Å². The number of hydrogen-bond acceptors (Lipinski definition) is 3. The van der Waals surface area contributed by atoms with Gasteiger partial charge in [-0.05, 0) is 43.0 Å². The molecule has 1 aromatic carbocycles. The Morgan fingerprint density at radius 2 is 1.81 bits per heavy atom. The van der Waals surface area contributed by atoms with Crippen molar-refractivity contribution < 1.29 is 22.5 Å². The predicted molar refractivity (Wildman–Crippen MR) is 100 cm³/mol. The Balaban J connectivity index is 1.49. The highest BCUT2D eigenvalue weighted by molar-refractivity contribution is 7.89. The standard InChI is InChI=1S/C19H28FN3O3S/c1-15-4-2-3-5-18(15)21-19(24)14-22-10-12-23(13-11-22)27(25,26)17-8-6-16(20)7-9-17/h6-9,15,18H,2-5,10-14H2,1H3,(H,21,24)/p+1/t15-,18-/m0/s1. The number of hydrogen-bond donors (Lipinski definition) is 2. The molecule has 2 aliphatic rings. The van der Waals surface area contributed by atoms with Crippen molar-refractivity contribution in [1.29, 1.82) is 0 Å². The van der Waals surface area contributed by atoms with E-state index in [1.807, 2.05) is 0 Å². The van der Waals surface area contributed by atoms with Gasteiger partial charge in [0.15, 0.2) is 6.54 Å². The van der Waals surface area contributed by atoms with Crippen molar-refractivity contribution >= 4 is 15.9 Å². The van der Waals surface area contributed by atoms with E-state index in [0.717, 1.165) is 29.9 Å². The van der Waals surface area contributed by atoms with Gasteiger partial charge >= 0.3 is 0 Å². The number of sulfonamides is 1. The van der Waals surface area contributed by atoms with E-state index in [0.29, 0.717) is 38.6 Å². The van der Waals surface area contributed by atoms with Gasteiger partial charge < -0.3 is 10.2 Å². The molecule has 1 saturated carbocycles. The summed E-state index contributed by atoms with van der Waals surface area (Å²) in [6.45, 7) is 4.48. The Bertz CT molecular complexity index is 746. The van der Waals surface area contributed by atoms with Crippen LogP contribution in [0.3, 0.4) is 0 Å². The fourth-order valence-corrected chi connectivity index (χ4v) is 5.43. The summed E-state index contributed by atoms with van der Waals surface area (Å²) in [7, 11) is -3.61. The molecular formula is C19H29FN3O3S+. The molecule has 1 heterocycles. The second-order valence-electron chi connectivity index (χ2n) is 7.72. The minimum Gasteiger partial charge on any atom is -0.348 e. The van der Waals surface area contributed by atoms with Crippen LogP contribution >= 0.6 is 0 Å². The highest BCUT2D eigenvalue weighted by Gasteiger charge is 2.32. The van der Waals surface area contributed by atoms with Crippen molar-refractivity contribution in [1.82, 2.24) is 9.62 Å². The first kappa shape index (κ1) is 20.2. The van der Waals surface area contributed by atoms with E-state index in [-0.39, 0.29) is 16.8 Å². The third-order valence-electron chi connectivity index (χ3n) is 5.75. The van der Waals surface area contributed by atoms with Gasteiger partial charge in [-0.25, -0.2) is 12.8 Å². The van der Waals surface area contributed by atoms with E-state index >= 15 is 0 Å². The van der Waals surface area contributed by atoms with Crippen LogP contribution in [0.15, 0.2) is 29.2 Å². The largest absolute Gasteiger partial charge is 0.348 e. The maximum atomic E-state index is 13.0. The lowest BCUT2D eigenvalue weighted by molar-refractivity contribution is -0.895. The molecule has 27 heavy (non-hydrogen) atoms. The van der Waals surface area contributed by atoms with Crippen LogP contribution < -0.4 is 10.2 Å². The molecule has 1 aromatic rings. The van der Waals surface area contributed by atoms with Crippen LogP contribution in [0.4, 0.5) is 4.39 Å². The maximum Gasteiger partial charge on any atom is 0.275 e. The number of nitrogens with one attached hydrogen (secondary N) is 2. The molecule has 8 heteroatoms. The lowest BCUT2D eigenvalue weighted by atomic mass is 9.86. The third-order valence-corrected chi connectivity index (χ3v) is 7.66. The summed E-state index contributed by atoms with van der Waals surface area (Å²) < 4.78 is 39.7. The predicted octanol–water partition coefficient (Wildman–Crippen LogP) is 0.410. The first-order chi connectivity index (χ1) is 12.9. The van der Waals surface area contributed by atoms with E-state index < -0.39 is 15.8 Å². The number of piperazine rings is 1.